The van der Waals surface area contributed by atoms with Gasteiger partial charge in [0.25, 0.3) is 0 Å². The molecule has 37 heavy (non-hydrogen) atoms. The Balaban J connectivity index is 1.52. The summed E-state index contributed by atoms with van der Waals surface area (Å²) < 4.78 is 40.0. The molecule has 0 saturated carbocycles. The maximum absolute atomic E-state index is 13.4. The van der Waals surface area contributed by atoms with Gasteiger partial charge in [-0.2, -0.15) is 4.72 Å². The van der Waals surface area contributed by atoms with Gasteiger partial charge in [0.15, 0.2) is 0 Å². The van der Waals surface area contributed by atoms with Gasteiger partial charge in [0.05, 0.1) is 10.3 Å². The summed E-state index contributed by atoms with van der Waals surface area (Å²) in [4.78, 5) is 26.0. The highest BCUT2D eigenvalue weighted by atomic mass is 32.2. The minimum Gasteiger partial charge on any atom is -0.425 e. The maximum atomic E-state index is 13.4. The number of benzene rings is 4. The second-order valence-electron chi connectivity index (χ2n) is 8.70. The van der Waals surface area contributed by atoms with Crippen molar-refractivity contribution in [2.24, 2.45) is 0 Å². The number of nitrogens with one attached hydrogen (secondary N) is 1. The molecule has 7 nitrogen and oxygen atoms in total. The Bertz CT molecular complexity index is 1790. The van der Waals surface area contributed by atoms with E-state index in [0.29, 0.717) is 27.5 Å². The quantitative estimate of drug-likeness (QED) is 0.145. The Morgan fingerprint density at radius 3 is 2.16 bits per heavy atom. The summed E-state index contributed by atoms with van der Waals surface area (Å²) in [5.74, 6) is -0.668. The van der Waals surface area contributed by atoms with Crippen LogP contribution in [0.4, 0.5) is 0 Å². The number of ether oxygens (including phenoxy) is 1. The van der Waals surface area contributed by atoms with Crippen molar-refractivity contribution in [2.45, 2.75) is 24.8 Å². The first-order chi connectivity index (χ1) is 17.7. The maximum Gasteiger partial charge on any atom is 0.344 e. The molecule has 0 amide bonds. The van der Waals surface area contributed by atoms with Gasteiger partial charge < -0.3 is 9.15 Å². The molecule has 0 aliphatic rings. The van der Waals surface area contributed by atoms with E-state index < -0.39 is 27.7 Å². The van der Waals surface area contributed by atoms with E-state index in [4.69, 9.17) is 9.15 Å². The summed E-state index contributed by atoms with van der Waals surface area (Å²) in [6.07, 6.45) is 0. The van der Waals surface area contributed by atoms with Crippen molar-refractivity contribution in [1.29, 1.82) is 0 Å². The largest absolute Gasteiger partial charge is 0.425 e. The zero-order valence-electron chi connectivity index (χ0n) is 20.1. The highest BCUT2D eigenvalue weighted by Gasteiger charge is 2.29. The smallest absolute Gasteiger partial charge is 0.344 e. The first kappa shape index (κ1) is 24.4. The molecular formula is C29H23NO6S. The summed E-state index contributed by atoms with van der Waals surface area (Å²) in [5, 5.41) is 1.88. The molecule has 1 N–H and O–H groups in total. The zero-order chi connectivity index (χ0) is 26.2. The molecule has 0 bridgehead atoms. The van der Waals surface area contributed by atoms with Gasteiger partial charge in [-0.1, -0.05) is 66.2 Å². The van der Waals surface area contributed by atoms with E-state index in [-0.39, 0.29) is 10.6 Å². The molecule has 1 heterocycles. The lowest BCUT2D eigenvalue weighted by molar-refractivity contribution is -0.136. The Labute approximate surface area is 213 Å². The van der Waals surface area contributed by atoms with E-state index in [1.807, 2.05) is 19.1 Å². The Morgan fingerprint density at radius 2 is 1.46 bits per heavy atom. The second-order valence-corrected chi connectivity index (χ2v) is 10.4. The van der Waals surface area contributed by atoms with Crippen LogP contribution >= 0.6 is 0 Å². The van der Waals surface area contributed by atoms with Crippen LogP contribution in [0.5, 0.6) is 5.75 Å². The van der Waals surface area contributed by atoms with Gasteiger partial charge >= 0.3 is 11.6 Å². The van der Waals surface area contributed by atoms with Crippen molar-refractivity contribution >= 4 is 37.7 Å². The molecule has 1 unspecified atom stereocenters. The molecule has 0 saturated heterocycles. The third kappa shape index (κ3) is 4.76. The molecule has 4 aromatic carbocycles. The molecule has 8 heteroatoms. The van der Waals surface area contributed by atoms with Crippen LogP contribution in [0.2, 0.25) is 0 Å². The van der Waals surface area contributed by atoms with Gasteiger partial charge in [-0.3, -0.25) is 0 Å². The predicted molar refractivity (Wildman–Crippen MR) is 141 cm³/mol. The molecule has 1 atom stereocenters. The van der Waals surface area contributed by atoms with E-state index >= 15 is 0 Å². The minimum absolute atomic E-state index is 0.0300. The first-order valence-corrected chi connectivity index (χ1v) is 13.0. The fraction of sp³-hybridized carbons (Fsp3) is 0.103. The first-order valence-electron chi connectivity index (χ1n) is 11.6. The van der Waals surface area contributed by atoms with E-state index in [1.54, 1.807) is 73.7 Å². The lowest BCUT2D eigenvalue weighted by Gasteiger charge is -2.19. The number of sulfonamides is 1. The molecule has 5 rings (SSSR count). The number of carbonyl (C=O) groups is 1. The average molecular weight is 514 g/mol. The van der Waals surface area contributed by atoms with Crippen LogP contribution in [-0.4, -0.2) is 14.4 Å². The molecule has 0 fully saturated rings. The van der Waals surface area contributed by atoms with Crippen LogP contribution < -0.4 is 15.1 Å². The van der Waals surface area contributed by atoms with E-state index in [1.165, 1.54) is 12.1 Å². The normalized spacial score (nSPS) is 12.5. The van der Waals surface area contributed by atoms with Crippen LogP contribution in [-0.2, 0) is 14.8 Å². The van der Waals surface area contributed by atoms with Gasteiger partial charge in [0.1, 0.15) is 17.4 Å². The van der Waals surface area contributed by atoms with Crippen molar-refractivity contribution in [3.8, 4) is 5.75 Å². The van der Waals surface area contributed by atoms with E-state index in [0.717, 1.165) is 10.9 Å². The van der Waals surface area contributed by atoms with Crippen LogP contribution in [0.25, 0.3) is 21.7 Å². The van der Waals surface area contributed by atoms with Gasteiger partial charge in [0, 0.05) is 10.9 Å². The summed E-state index contributed by atoms with van der Waals surface area (Å²) in [6.45, 7) is 3.53. The van der Waals surface area contributed by atoms with Crippen LogP contribution in [0.3, 0.4) is 0 Å². The molecular weight excluding hydrogens is 490 g/mol. The third-order valence-electron chi connectivity index (χ3n) is 6.17. The number of aryl methyl sites for hydroxylation is 2. The topological polar surface area (TPSA) is 103 Å². The molecule has 0 aliphatic heterocycles. The number of fused-ring (bicyclic) bond motifs is 3. The molecule has 186 valence electrons. The Morgan fingerprint density at radius 1 is 0.811 bits per heavy atom. The Hall–Kier alpha value is -4.27. The number of hydrogen-bond acceptors (Lipinski definition) is 6. The monoisotopic (exact) mass is 513 g/mol. The van der Waals surface area contributed by atoms with Crippen LogP contribution in [0, 0.1) is 13.8 Å². The number of carbonyl (C=O) groups excluding carboxylic acids is 1. The van der Waals surface area contributed by atoms with Crippen molar-refractivity contribution in [1.82, 2.24) is 4.72 Å². The van der Waals surface area contributed by atoms with Gasteiger partial charge in [-0.15, -0.1) is 0 Å². The van der Waals surface area contributed by atoms with Gasteiger partial charge in [-0.05, 0) is 55.1 Å². The molecule has 0 aliphatic carbocycles. The average Bonchev–Trinajstić information content (AvgIpc) is 2.90. The molecule has 0 spiro atoms. The minimum atomic E-state index is -4.05. The lowest BCUT2D eigenvalue weighted by atomic mass is 10.0. The van der Waals surface area contributed by atoms with Crippen molar-refractivity contribution < 1.29 is 22.4 Å². The fourth-order valence-electron chi connectivity index (χ4n) is 4.18. The SMILES string of the molecule is Cc1ccc(S(=O)(=O)NC(C(=O)Oc2ccc3c(oc(=O)c4ccccc43)c2C)c2ccccc2)cc1. The number of esters is 1. The number of hydrogen-bond donors (Lipinski definition) is 1. The Kier molecular flexibility index (Phi) is 6.37. The highest BCUT2D eigenvalue weighted by Crippen LogP contribution is 2.32. The summed E-state index contributed by atoms with van der Waals surface area (Å²) in [7, 11) is -4.05. The number of rotatable bonds is 6. The van der Waals surface area contributed by atoms with Gasteiger partial charge in [0.2, 0.25) is 10.0 Å². The molecule has 1 aromatic heterocycles. The highest BCUT2D eigenvalue weighted by molar-refractivity contribution is 7.89. The van der Waals surface area contributed by atoms with Crippen molar-refractivity contribution in [3.05, 3.63) is 118 Å². The second kappa shape index (κ2) is 9.65. The summed E-state index contributed by atoms with van der Waals surface area (Å²) >= 11 is 0. The van der Waals surface area contributed by atoms with Crippen LogP contribution in [0.15, 0.2) is 105 Å². The fourth-order valence-corrected chi connectivity index (χ4v) is 5.35. The van der Waals surface area contributed by atoms with Crippen LogP contribution in [0.1, 0.15) is 22.7 Å². The molecule has 0 radical (unpaired) electrons. The zero-order valence-corrected chi connectivity index (χ0v) is 20.9. The van der Waals surface area contributed by atoms with Crippen molar-refractivity contribution in [3.63, 3.8) is 0 Å². The van der Waals surface area contributed by atoms with E-state index in [9.17, 15) is 18.0 Å². The standard InChI is InChI=1S/C29H23NO6S/c1-18-12-14-21(15-13-18)37(33,34)30-26(20-8-4-3-5-9-20)29(32)35-25-17-16-23-22-10-6-7-11-24(22)28(31)36-27(23)19(25)2/h3-17,26,30H,1-2H3. The lowest BCUT2D eigenvalue weighted by Crippen LogP contribution is -2.36. The molecule has 5 aromatic rings. The third-order valence-corrected chi connectivity index (χ3v) is 7.61. The van der Waals surface area contributed by atoms with E-state index in [2.05, 4.69) is 4.72 Å². The summed E-state index contributed by atoms with van der Waals surface area (Å²) in [5.41, 5.74) is 1.57. The van der Waals surface area contributed by atoms with Gasteiger partial charge in [-0.25, -0.2) is 18.0 Å². The predicted octanol–water partition coefficient (Wildman–Crippen LogP) is 5.19. The summed E-state index contributed by atoms with van der Waals surface area (Å²) in [6, 6.07) is 23.9. The van der Waals surface area contributed by atoms with Crippen molar-refractivity contribution in [2.75, 3.05) is 0 Å².